The van der Waals surface area contributed by atoms with Gasteiger partial charge in [-0.25, -0.2) is 0 Å². The van der Waals surface area contributed by atoms with Crippen molar-refractivity contribution in [3.8, 4) is 28.7 Å². The van der Waals surface area contributed by atoms with Crippen LogP contribution in [0.3, 0.4) is 0 Å². The lowest BCUT2D eigenvalue weighted by atomic mass is 10.1. The number of methoxy groups -OCH3 is 4. The van der Waals surface area contributed by atoms with Crippen molar-refractivity contribution in [3.63, 3.8) is 0 Å². The van der Waals surface area contributed by atoms with Gasteiger partial charge in [-0.3, -0.25) is 9.79 Å². The fourth-order valence-corrected chi connectivity index (χ4v) is 3.02. The third-order valence-electron chi connectivity index (χ3n) is 4.64. The molecule has 0 aliphatic rings. The van der Waals surface area contributed by atoms with Crippen molar-refractivity contribution in [2.24, 2.45) is 4.99 Å². The third-order valence-corrected chi connectivity index (χ3v) is 4.64. The van der Waals surface area contributed by atoms with Gasteiger partial charge in [0.2, 0.25) is 5.75 Å². The molecule has 1 amide bonds. The Hall–Kier alpha value is -4.20. The van der Waals surface area contributed by atoms with Crippen LogP contribution in [-0.4, -0.2) is 45.7 Å². The number of carbonyl (C=O) groups excluding carboxylic acids is 1. The molecule has 0 unspecified atom stereocenters. The van der Waals surface area contributed by atoms with Crippen LogP contribution in [0.4, 0.5) is 11.4 Å². The molecule has 0 aliphatic carbocycles. The van der Waals surface area contributed by atoms with E-state index >= 15 is 0 Å². The standard InChI is InChI=1S/C24H24N2O6/c1-29-20-10-9-17(13-18(20)25-14-15-7-5-6-8-19(15)27)26-24(28)16-11-21(30-2)23(32-4)22(12-16)31-3/h5-14,27H,1-4H3,(H,26,28). The third kappa shape index (κ3) is 4.92. The number of rotatable bonds is 8. The summed E-state index contributed by atoms with van der Waals surface area (Å²) in [5, 5.41) is 12.8. The predicted molar refractivity (Wildman–Crippen MR) is 122 cm³/mol. The van der Waals surface area contributed by atoms with Gasteiger partial charge < -0.3 is 29.4 Å². The van der Waals surface area contributed by atoms with Crippen LogP contribution in [0.1, 0.15) is 15.9 Å². The van der Waals surface area contributed by atoms with Crippen LogP contribution in [0, 0.1) is 0 Å². The van der Waals surface area contributed by atoms with E-state index in [0.29, 0.717) is 45.5 Å². The van der Waals surface area contributed by atoms with E-state index in [0.717, 1.165) is 0 Å². The van der Waals surface area contributed by atoms with Crippen molar-refractivity contribution >= 4 is 23.5 Å². The number of anilines is 1. The Kier molecular flexibility index (Phi) is 7.17. The largest absolute Gasteiger partial charge is 0.507 e. The second-order valence-electron chi connectivity index (χ2n) is 6.57. The summed E-state index contributed by atoms with van der Waals surface area (Å²) in [5.74, 6) is 1.41. The van der Waals surface area contributed by atoms with Gasteiger partial charge in [0.05, 0.1) is 28.4 Å². The molecule has 0 saturated heterocycles. The first-order valence-corrected chi connectivity index (χ1v) is 9.62. The van der Waals surface area contributed by atoms with Crippen molar-refractivity contribution in [1.29, 1.82) is 0 Å². The van der Waals surface area contributed by atoms with Gasteiger partial charge in [0.1, 0.15) is 17.2 Å². The topological polar surface area (TPSA) is 98.6 Å². The van der Waals surface area contributed by atoms with Crippen molar-refractivity contribution in [1.82, 2.24) is 0 Å². The molecule has 0 aliphatic heterocycles. The van der Waals surface area contributed by atoms with Crippen LogP contribution < -0.4 is 24.3 Å². The molecule has 0 spiro atoms. The quantitative estimate of drug-likeness (QED) is 0.507. The summed E-state index contributed by atoms with van der Waals surface area (Å²) in [6.45, 7) is 0. The molecule has 3 rings (SSSR count). The zero-order valence-electron chi connectivity index (χ0n) is 18.2. The van der Waals surface area contributed by atoms with Crippen LogP contribution in [0.5, 0.6) is 28.7 Å². The Bertz CT molecular complexity index is 1120. The van der Waals surface area contributed by atoms with E-state index in [1.54, 1.807) is 54.6 Å². The molecule has 0 heterocycles. The number of aliphatic imine (C=N–C) groups is 1. The number of phenolic OH excluding ortho intramolecular Hbond substituents is 1. The molecule has 8 nitrogen and oxygen atoms in total. The van der Waals surface area contributed by atoms with Crippen LogP contribution in [-0.2, 0) is 0 Å². The van der Waals surface area contributed by atoms with Crippen molar-refractivity contribution < 1.29 is 28.8 Å². The summed E-state index contributed by atoms with van der Waals surface area (Å²) in [4.78, 5) is 17.3. The lowest BCUT2D eigenvalue weighted by Gasteiger charge is -2.14. The molecule has 3 aromatic carbocycles. The van der Waals surface area contributed by atoms with E-state index in [9.17, 15) is 9.90 Å². The molecule has 0 bridgehead atoms. The molecule has 166 valence electrons. The van der Waals surface area contributed by atoms with Crippen molar-refractivity contribution in [3.05, 3.63) is 65.7 Å². The maximum Gasteiger partial charge on any atom is 0.255 e. The van der Waals surface area contributed by atoms with Crippen LogP contribution in [0.25, 0.3) is 0 Å². The molecule has 8 heteroatoms. The number of aromatic hydroxyl groups is 1. The van der Waals surface area contributed by atoms with E-state index in [4.69, 9.17) is 18.9 Å². The molecule has 0 aromatic heterocycles. The number of phenols is 1. The fraction of sp³-hybridized carbons (Fsp3) is 0.167. The van der Waals surface area contributed by atoms with Gasteiger partial charge in [-0.05, 0) is 42.5 Å². The highest BCUT2D eigenvalue weighted by Gasteiger charge is 2.17. The Balaban J connectivity index is 1.89. The first kappa shape index (κ1) is 22.5. The number of para-hydroxylation sites is 1. The highest BCUT2D eigenvalue weighted by Crippen LogP contribution is 2.38. The highest BCUT2D eigenvalue weighted by atomic mass is 16.5. The summed E-state index contributed by atoms with van der Waals surface area (Å²) in [5.41, 5.74) is 1.88. The maximum atomic E-state index is 12.9. The normalized spacial score (nSPS) is 10.6. The number of nitrogens with one attached hydrogen (secondary N) is 1. The molecule has 0 fully saturated rings. The molecule has 2 N–H and O–H groups in total. The highest BCUT2D eigenvalue weighted by molar-refractivity contribution is 6.05. The van der Waals surface area contributed by atoms with Crippen molar-refractivity contribution in [2.75, 3.05) is 33.8 Å². The smallest absolute Gasteiger partial charge is 0.255 e. The van der Waals surface area contributed by atoms with E-state index in [2.05, 4.69) is 10.3 Å². The predicted octanol–water partition coefficient (Wildman–Crippen LogP) is 4.43. The summed E-state index contributed by atoms with van der Waals surface area (Å²) in [7, 11) is 5.99. The Morgan fingerprint density at radius 2 is 1.53 bits per heavy atom. The second kappa shape index (κ2) is 10.2. The number of amides is 1. The Morgan fingerprint density at radius 1 is 0.875 bits per heavy atom. The number of hydrogen-bond donors (Lipinski definition) is 2. The number of ether oxygens (including phenoxy) is 4. The lowest BCUT2D eigenvalue weighted by molar-refractivity contribution is 0.102. The van der Waals surface area contributed by atoms with Crippen LogP contribution >= 0.6 is 0 Å². The minimum Gasteiger partial charge on any atom is -0.507 e. The molecule has 0 atom stereocenters. The van der Waals surface area contributed by atoms with Crippen LogP contribution in [0.2, 0.25) is 0 Å². The fourth-order valence-electron chi connectivity index (χ4n) is 3.02. The molecule has 0 radical (unpaired) electrons. The average Bonchev–Trinajstić information content (AvgIpc) is 2.82. The summed E-state index contributed by atoms with van der Waals surface area (Å²) in [6, 6.07) is 15.0. The van der Waals surface area contributed by atoms with Gasteiger partial charge in [-0.1, -0.05) is 12.1 Å². The van der Waals surface area contributed by atoms with Gasteiger partial charge >= 0.3 is 0 Å². The number of hydrogen-bond acceptors (Lipinski definition) is 7. The number of benzene rings is 3. The molecular formula is C24H24N2O6. The maximum absolute atomic E-state index is 12.9. The SMILES string of the molecule is COc1ccc(NC(=O)c2cc(OC)c(OC)c(OC)c2)cc1N=Cc1ccccc1O. The Morgan fingerprint density at radius 3 is 2.12 bits per heavy atom. The summed E-state index contributed by atoms with van der Waals surface area (Å²) in [6.07, 6.45) is 1.53. The first-order chi connectivity index (χ1) is 15.5. The molecule has 3 aromatic rings. The number of carbonyl (C=O) groups is 1. The minimum atomic E-state index is -0.370. The van der Waals surface area contributed by atoms with Gasteiger partial charge in [-0.15, -0.1) is 0 Å². The number of nitrogens with zero attached hydrogens (tertiary/aromatic N) is 1. The molecule has 0 saturated carbocycles. The van der Waals surface area contributed by atoms with E-state index < -0.39 is 0 Å². The zero-order valence-corrected chi connectivity index (χ0v) is 18.2. The summed E-state index contributed by atoms with van der Waals surface area (Å²) >= 11 is 0. The second-order valence-corrected chi connectivity index (χ2v) is 6.57. The van der Waals surface area contributed by atoms with Crippen molar-refractivity contribution in [2.45, 2.75) is 0 Å². The van der Waals surface area contributed by atoms with Gasteiger partial charge in [0, 0.05) is 23.0 Å². The first-order valence-electron chi connectivity index (χ1n) is 9.62. The summed E-state index contributed by atoms with van der Waals surface area (Å²) < 4.78 is 21.3. The van der Waals surface area contributed by atoms with Gasteiger partial charge in [-0.2, -0.15) is 0 Å². The lowest BCUT2D eigenvalue weighted by Crippen LogP contribution is -2.12. The van der Waals surface area contributed by atoms with E-state index in [-0.39, 0.29) is 11.7 Å². The molecule has 32 heavy (non-hydrogen) atoms. The zero-order chi connectivity index (χ0) is 23.1. The van der Waals surface area contributed by atoms with Gasteiger partial charge in [0.25, 0.3) is 5.91 Å². The Labute approximate surface area is 186 Å². The van der Waals surface area contributed by atoms with E-state index in [1.165, 1.54) is 34.7 Å². The minimum absolute atomic E-state index is 0.113. The van der Waals surface area contributed by atoms with Gasteiger partial charge in [0.15, 0.2) is 11.5 Å². The average molecular weight is 436 g/mol. The van der Waals surface area contributed by atoms with E-state index in [1.807, 2.05) is 0 Å². The molecular weight excluding hydrogens is 412 g/mol. The monoisotopic (exact) mass is 436 g/mol. The van der Waals surface area contributed by atoms with Crippen LogP contribution in [0.15, 0.2) is 59.6 Å².